The second kappa shape index (κ2) is 6.76. The summed E-state index contributed by atoms with van der Waals surface area (Å²) in [6, 6.07) is 3.19. The lowest BCUT2D eigenvalue weighted by atomic mass is 10.1. The van der Waals surface area contributed by atoms with E-state index in [1.54, 1.807) is 6.92 Å². The molecule has 1 saturated heterocycles. The molecule has 0 spiro atoms. The van der Waals surface area contributed by atoms with Crippen LogP contribution in [0, 0.1) is 18.6 Å². The highest BCUT2D eigenvalue weighted by molar-refractivity contribution is 5.66. The van der Waals surface area contributed by atoms with Crippen LogP contribution in [0.25, 0.3) is 11.1 Å². The van der Waals surface area contributed by atoms with E-state index < -0.39 is 17.8 Å². The first-order valence-corrected chi connectivity index (χ1v) is 7.83. The molecule has 0 radical (unpaired) electrons. The zero-order valence-electron chi connectivity index (χ0n) is 13.6. The van der Waals surface area contributed by atoms with Gasteiger partial charge in [-0.3, -0.25) is 4.90 Å². The molecule has 1 fully saturated rings. The van der Waals surface area contributed by atoms with Gasteiger partial charge in [0.25, 0.3) is 0 Å². The molecule has 4 nitrogen and oxygen atoms in total. The summed E-state index contributed by atoms with van der Waals surface area (Å²) >= 11 is 0. The number of nitrogens with one attached hydrogen (secondary N) is 1. The third-order valence-electron chi connectivity index (χ3n) is 4.41. The average Bonchev–Trinajstić information content (AvgIpc) is 2.85. The number of aromatic nitrogens is 2. The van der Waals surface area contributed by atoms with E-state index in [-0.39, 0.29) is 11.6 Å². The molecule has 24 heavy (non-hydrogen) atoms. The molecule has 0 bridgehead atoms. The first-order chi connectivity index (χ1) is 11.5. The molecule has 0 amide bonds. The Hall–Kier alpha value is -2.15. The van der Waals surface area contributed by atoms with Crippen molar-refractivity contribution in [3.8, 4) is 11.1 Å². The summed E-state index contributed by atoms with van der Waals surface area (Å²) in [6.45, 7) is 2.86. The Labute approximate surface area is 138 Å². The summed E-state index contributed by atoms with van der Waals surface area (Å²) in [6.07, 6.45) is 1.16. The molecule has 3 rings (SSSR count). The van der Waals surface area contributed by atoms with Gasteiger partial charge in [0.1, 0.15) is 17.8 Å². The van der Waals surface area contributed by atoms with Gasteiger partial charge in [-0.05, 0) is 32.5 Å². The van der Waals surface area contributed by atoms with Crippen molar-refractivity contribution in [2.24, 2.45) is 0 Å². The first-order valence-electron chi connectivity index (χ1n) is 7.83. The molecule has 1 aromatic heterocycles. The van der Waals surface area contributed by atoms with Crippen LogP contribution in [-0.2, 0) is 0 Å². The van der Waals surface area contributed by atoms with Crippen LogP contribution in [0.5, 0.6) is 0 Å². The van der Waals surface area contributed by atoms with Crippen molar-refractivity contribution in [3.05, 3.63) is 41.7 Å². The van der Waals surface area contributed by atoms with Gasteiger partial charge < -0.3 is 5.32 Å². The van der Waals surface area contributed by atoms with Gasteiger partial charge in [-0.15, -0.1) is 0 Å². The monoisotopic (exact) mass is 336 g/mol. The maximum absolute atomic E-state index is 13.9. The van der Waals surface area contributed by atoms with Crippen LogP contribution in [-0.4, -0.2) is 47.2 Å². The van der Waals surface area contributed by atoms with Crippen molar-refractivity contribution in [3.63, 3.8) is 0 Å². The van der Waals surface area contributed by atoms with Crippen molar-refractivity contribution >= 4 is 5.95 Å². The van der Waals surface area contributed by atoms with Crippen LogP contribution in [0.4, 0.5) is 19.1 Å². The lowest BCUT2D eigenvalue weighted by Gasteiger charge is -2.21. The number of hydrogen-bond acceptors (Lipinski definition) is 4. The number of anilines is 1. The van der Waals surface area contributed by atoms with Crippen LogP contribution in [0.2, 0.25) is 0 Å². The average molecular weight is 336 g/mol. The fourth-order valence-electron chi connectivity index (χ4n) is 2.97. The number of alkyl halides is 1. The van der Waals surface area contributed by atoms with E-state index in [0.29, 0.717) is 30.2 Å². The second-order valence-electron chi connectivity index (χ2n) is 6.05. The van der Waals surface area contributed by atoms with E-state index in [4.69, 9.17) is 0 Å². The molecular formula is C17H19F3N4. The molecule has 1 aromatic carbocycles. The van der Waals surface area contributed by atoms with E-state index in [1.807, 2.05) is 11.9 Å². The SMILES string of the molecule is Cc1nc(NCC2C(F)CCN2C)ncc1-c1ccc(F)cc1F. The Morgan fingerprint density at radius 1 is 1.29 bits per heavy atom. The number of rotatable bonds is 4. The van der Waals surface area contributed by atoms with Crippen LogP contribution in [0.1, 0.15) is 12.1 Å². The third-order valence-corrected chi connectivity index (χ3v) is 4.41. The Morgan fingerprint density at radius 2 is 2.08 bits per heavy atom. The molecule has 2 atom stereocenters. The molecule has 1 aliphatic rings. The van der Waals surface area contributed by atoms with Crippen molar-refractivity contribution in [1.29, 1.82) is 0 Å². The predicted octanol–water partition coefficient (Wildman–Crippen LogP) is 3.18. The van der Waals surface area contributed by atoms with Gasteiger partial charge >= 0.3 is 0 Å². The highest BCUT2D eigenvalue weighted by atomic mass is 19.1. The topological polar surface area (TPSA) is 41.1 Å². The normalized spacial score (nSPS) is 21.2. The van der Waals surface area contributed by atoms with Gasteiger partial charge in [-0.2, -0.15) is 0 Å². The number of nitrogens with zero attached hydrogens (tertiary/aromatic N) is 3. The molecule has 128 valence electrons. The van der Waals surface area contributed by atoms with Crippen molar-refractivity contribution in [2.75, 3.05) is 25.5 Å². The molecule has 1 N–H and O–H groups in total. The minimum atomic E-state index is -0.865. The molecule has 2 aromatic rings. The largest absolute Gasteiger partial charge is 0.353 e. The Morgan fingerprint density at radius 3 is 2.71 bits per heavy atom. The summed E-state index contributed by atoms with van der Waals surface area (Å²) in [5.74, 6) is -0.920. The first kappa shape index (κ1) is 16.7. The van der Waals surface area contributed by atoms with E-state index in [2.05, 4.69) is 15.3 Å². The minimum absolute atomic E-state index is 0.205. The zero-order chi connectivity index (χ0) is 17.3. The molecule has 2 heterocycles. The second-order valence-corrected chi connectivity index (χ2v) is 6.05. The zero-order valence-corrected chi connectivity index (χ0v) is 13.6. The van der Waals surface area contributed by atoms with Gasteiger partial charge in [0.2, 0.25) is 5.95 Å². The fraction of sp³-hybridized carbons (Fsp3) is 0.412. The molecule has 1 aliphatic heterocycles. The van der Waals surface area contributed by atoms with E-state index in [1.165, 1.54) is 18.3 Å². The lowest BCUT2D eigenvalue weighted by molar-refractivity contribution is 0.232. The number of hydrogen-bond donors (Lipinski definition) is 1. The van der Waals surface area contributed by atoms with Gasteiger partial charge in [-0.25, -0.2) is 23.1 Å². The van der Waals surface area contributed by atoms with Crippen LogP contribution in [0.15, 0.2) is 24.4 Å². The van der Waals surface area contributed by atoms with Gasteiger partial charge in [0.15, 0.2) is 0 Å². The summed E-state index contributed by atoms with van der Waals surface area (Å²) in [7, 11) is 1.89. The van der Waals surface area contributed by atoms with Crippen LogP contribution >= 0.6 is 0 Å². The Balaban J connectivity index is 1.75. The lowest BCUT2D eigenvalue weighted by Crippen LogP contribution is -2.37. The predicted molar refractivity (Wildman–Crippen MR) is 86.5 cm³/mol. The summed E-state index contributed by atoms with van der Waals surface area (Å²) in [5, 5.41) is 3.03. The summed E-state index contributed by atoms with van der Waals surface area (Å²) in [4.78, 5) is 10.4. The highest BCUT2D eigenvalue weighted by Crippen LogP contribution is 2.26. The highest BCUT2D eigenvalue weighted by Gasteiger charge is 2.31. The molecule has 0 saturated carbocycles. The van der Waals surface area contributed by atoms with Crippen LogP contribution in [0.3, 0.4) is 0 Å². The van der Waals surface area contributed by atoms with Gasteiger partial charge in [-0.1, -0.05) is 0 Å². The maximum atomic E-state index is 13.9. The van der Waals surface area contributed by atoms with Crippen LogP contribution < -0.4 is 5.32 Å². The molecular weight excluding hydrogens is 317 g/mol. The molecule has 7 heteroatoms. The number of likely N-dealkylation sites (tertiary alicyclic amines) is 1. The number of halogens is 3. The van der Waals surface area contributed by atoms with E-state index in [9.17, 15) is 13.2 Å². The fourth-order valence-corrected chi connectivity index (χ4v) is 2.97. The Kier molecular flexibility index (Phi) is 4.71. The van der Waals surface area contributed by atoms with E-state index in [0.717, 1.165) is 12.6 Å². The van der Waals surface area contributed by atoms with E-state index >= 15 is 0 Å². The molecule has 0 aliphatic carbocycles. The van der Waals surface area contributed by atoms with Gasteiger partial charge in [0.05, 0.1) is 11.7 Å². The summed E-state index contributed by atoms with van der Waals surface area (Å²) in [5.41, 5.74) is 1.31. The Bertz CT molecular complexity index is 728. The standard InChI is InChI=1S/C17H19F3N4/c1-10-13(12-4-3-11(18)7-15(12)20)8-21-17(23-10)22-9-16-14(19)5-6-24(16)2/h3-4,7-8,14,16H,5-6,9H2,1-2H3,(H,21,22,23). The van der Waals surface area contributed by atoms with Crippen molar-refractivity contribution < 1.29 is 13.2 Å². The van der Waals surface area contributed by atoms with Crippen molar-refractivity contribution in [2.45, 2.75) is 25.6 Å². The summed E-state index contributed by atoms with van der Waals surface area (Å²) < 4.78 is 40.7. The maximum Gasteiger partial charge on any atom is 0.222 e. The quantitative estimate of drug-likeness (QED) is 0.931. The number of benzene rings is 1. The van der Waals surface area contributed by atoms with Crippen molar-refractivity contribution in [1.82, 2.24) is 14.9 Å². The third kappa shape index (κ3) is 3.36. The minimum Gasteiger partial charge on any atom is -0.353 e. The smallest absolute Gasteiger partial charge is 0.222 e. The number of aryl methyl sites for hydroxylation is 1. The molecule has 2 unspecified atom stereocenters. The van der Waals surface area contributed by atoms with Gasteiger partial charge in [0, 0.05) is 36.5 Å². The number of likely N-dealkylation sites (N-methyl/N-ethyl adjacent to an activating group) is 1.